The fraction of sp³-hybridized carbons (Fsp3) is 0.250. The Balaban J connectivity index is 2.26. The smallest absolute Gasteiger partial charge is 0.0742 e. The molecule has 0 saturated heterocycles. The molecule has 2 rings (SSSR count). The molecule has 0 fully saturated rings. The molecule has 0 saturated carbocycles. The summed E-state index contributed by atoms with van der Waals surface area (Å²) in [4.78, 5) is 4.39. The highest BCUT2D eigenvalue weighted by Crippen LogP contribution is 2.31. The van der Waals surface area contributed by atoms with Crippen molar-refractivity contribution in [1.29, 1.82) is 0 Å². The average molecular weight is 297 g/mol. The van der Waals surface area contributed by atoms with Gasteiger partial charge in [0.1, 0.15) is 0 Å². The summed E-state index contributed by atoms with van der Waals surface area (Å²) in [6.07, 6.45) is 2.97. The average Bonchev–Trinajstić information content (AvgIpc) is 2.73. The van der Waals surface area contributed by atoms with Crippen LogP contribution in [-0.4, -0.2) is 11.5 Å². The van der Waals surface area contributed by atoms with Gasteiger partial charge >= 0.3 is 0 Å². The van der Waals surface area contributed by atoms with Crippen LogP contribution in [0, 0.1) is 0 Å². The number of halogens is 1. The Bertz CT molecular complexity index is 468. The first-order valence-corrected chi connectivity index (χ1v) is 6.97. The summed E-state index contributed by atoms with van der Waals surface area (Å²) in [5.41, 5.74) is 3.30. The summed E-state index contributed by atoms with van der Waals surface area (Å²) in [5, 5.41) is 7.54. The number of thiophene rings is 1. The van der Waals surface area contributed by atoms with Gasteiger partial charge in [0.05, 0.1) is 5.69 Å². The molecule has 0 spiro atoms. The normalized spacial score (nSPS) is 10.4. The maximum Gasteiger partial charge on any atom is 0.0742 e. The molecule has 2 aromatic heterocycles. The highest BCUT2D eigenvalue weighted by Gasteiger charge is 2.05. The molecular weight excluding hydrogens is 284 g/mol. The summed E-state index contributed by atoms with van der Waals surface area (Å²) in [6, 6.07) is 4.09. The molecule has 0 aliphatic carbocycles. The van der Waals surface area contributed by atoms with Crippen molar-refractivity contribution in [3.05, 3.63) is 33.6 Å². The molecule has 4 heteroatoms. The third kappa shape index (κ3) is 2.62. The van der Waals surface area contributed by atoms with E-state index in [4.69, 9.17) is 0 Å². The number of hydrogen-bond acceptors (Lipinski definition) is 3. The summed E-state index contributed by atoms with van der Waals surface area (Å²) in [5.74, 6) is 0. The van der Waals surface area contributed by atoms with E-state index in [1.54, 1.807) is 11.3 Å². The molecule has 0 aliphatic rings. The van der Waals surface area contributed by atoms with Crippen LogP contribution in [0.25, 0.3) is 11.3 Å². The van der Waals surface area contributed by atoms with E-state index in [9.17, 15) is 0 Å². The Kier molecular flexibility index (Phi) is 3.96. The first-order chi connectivity index (χ1) is 7.81. The van der Waals surface area contributed by atoms with Crippen LogP contribution in [0.15, 0.2) is 33.6 Å². The zero-order valence-electron chi connectivity index (χ0n) is 9.03. The quantitative estimate of drug-likeness (QED) is 0.905. The monoisotopic (exact) mass is 296 g/mol. The van der Waals surface area contributed by atoms with Crippen LogP contribution in [0.2, 0.25) is 0 Å². The fourth-order valence-corrected chi connectivity index (χ4v) is 2.91. The van der Waals surface area contributed by atoms with E-state index in [0.717, 1.165) is 34.4 Å². The summed E-state index contributed by atoms with van der Waals surface area (Å²) in [6.45, 7) is 3.15. The van der Waals surface area contributed by atoms with Gasteiger partial charge in [-0.2, -0.15) is 11.3 Å². The van der Waals surface area contributed by atoms with Crippen LogP contribution in [-0.2, 0) is 0 Å². The van der Waals surface area contributed by atoms with Crippen LogP contribution < -0.4 is 5.32 Å². The van der Waals surface area contributed by atoms with Gasteiger partial charge in [-0.15, -0.1) is 0 Å². The van der Waals surface area contributed by atoms with Crippen molar-refractivity contribution in [1.82, 2.24) is 4.98 Å². The molecule has 0 amide bonds. The minimum atomic E-state index is 0.994. The molecule has 2 nitrogen and oxygen atoms in total. The van der Waals surface area contributed by atoms with Crippen LogP contribution in [0.3, 0.4) is 0 Å². The second kappa shape index (κ2) is 5.46. The van der Waals surface area contributed by atoms with E-state index in [2.05, 4.69) is 50.0 Å². The topological polar surface area (TPSA) is 24.9 Å². The van der Waals surface area contributed by atoms with Crippen molar-refractivity contribution >= 4 is 33.0 Å². The van der Waals surface area contributed by atoms with Gasteiger partial charge in [-0.05, 0) is 34.5 Å². The zero-order valence-corrected chi connectivity index (χ0v) is 11.4. The van der Waals surface area contributed by atoms with Gasteiger partial charge in [-0.3, -0.25) is 4.98 Å². The Hall–Kier alpha value is -0.870. The Labute approximate surface area is 108 Å². The van der Waals surface area contributed by atoms with E-state index in [-0.39, 0.29) is 0 Å². The number of aromatic nitrogens is 1. The van der Waals surface area contributed by atoms with Crippen LogP contribution >= 0.6 is 27.3 Å². The standard InChI is InChI=1S/C12H13BrN2S/c1-2-4-14-9-3-5-15-12(6-9)10-7-16-8-11(10)13/h3,5-8H,2,4H2,1H3,(H,14,15). The molecule has 0 bridgehead atoms. The predicted octanol–water partition coefficient (Wildman–Crippen LogP) is 4.39. The number of rotatable bonds is 4. The van der Waals surface area contributed by atoms with Crippen molar-refractivity contribution in [3.8, 4) is 11.3 Å². The molecule has 2 heterocycles. The molecule has 0 aliphatic heterocycles. The number of hydrogen-bond donors (Lipinski definition) is 1. The van der Waals surface area contributed by atoms with Crippen molar-refractivity contribution in [3.63, 3.8) is 0 Å². The van der Waals surface area contributed by atoms with Gasteiger partial charge < -0.3 is 5.32 Å². The van der Waals surface area contributed by atoms with Crippen LogP contribution in [0.4, 0.5) is 5.69 Å². The third-order valence-corrected chi connectivity index (χ3v) is 3.93. The highest BCUT2D eigenvalue weighted by atomic mass is 79.9. The first-order valence-electron chi connectivity index (χ1n) is 5.23. The van der Waals surface area contributed by atoms with E-state index in [1.807, 2.05) is 12.3 Å². The molecule has 16 heavy (non-hydrogen) atoms. The Morgan fingerprint density at radius 2 is 2.31 bits per heavy atom. The molecule has 0 radical (unpaired) electrons. The molecule has 0 atom stereocenters. The van der Waals surface area contributed by atoms with Crippen molar-refractivity contribution in [2.75, 3.05) is 11.9 Å². The zero-order chi connectivity index (χ0) is 11.4. The second-order valence-electron chi connectivity index (χ2n) is 3.49. The SMILES string of the molecule is CCCNc1ccnc(-c2cscc2Br)c1. The maximum atomic E-state index is 4.39. The third-order valence-electron chi connectivity index (χ3n) is 2.23. The summed E-state index contributed by atoms with van der Waals surface area (Å²) in [7, 11) is 0. The fourth-order valence-electron chi connectivity index (χ4n) is 1.42. The number of nitrogens with one attached hydrogen (secondary N) is 1. The maximum absolute atomic E-state index is 4.39. The number of anilines is 1. The van der Waals surface area contributed by atoms with E-state index >= 15 is 0 Å². The number of nitrogens with zero attached hydrogens (tertiary/aromatic N) is 1. The van der Waals surface area contributed by atoms with Crippen LogP contribution in [0.1, 0.15) is 13.3 Å². The van der Waals surface area contributed by atoms with Crippen molar-refractivity contribution in [2.24, 2.45) is 0 Å². The van der Waals surface area contributed by atoms with E-state index < -0.39 is 0 Å². The lowest BCUT2D eigenvalue weighted by atomic mass is 10.2. The lowest BCUT2D eigenvalue weighted by molar-refractivity contribution is 0.979. The summed E-state index contributed by atoms with van der Waals surface area (Å²) >= 11 is 5.21. The number of pyridine rings is 1. The van der Waals surface area contributed by atoms with Gasteiger partial charge in [0, 0.05) is 39.2 Å². The van der Waals surface area contributed by atoms with Crippen molar-refractivity contribution < 1.29 is 0 Å². The molecular formula is C12H13BrN2S. The van der Waals surface area contributed by atoms with Gasteiger partial charge in [0.25, 0.3) is 0 Å². The highest BCUT2D eigenvalue weighted by molar-refractivity contribution is 9.10. The minimum absolute atomic E-state index is 0.994. The molecule has 0 aromatic carbocycles. The van der Waals surface area contributed by atoms with Gasteiger partial charge in [0.2, 0.25) is 0 Å². The Morgan fingerprint density at radius 1 is 1.44 bits per heavy atom. The summed E-state index contributed by atoms with van der Waals surface area (Å²) < 4.78 is 1.11. The molecule has 1 N–H and O–H groups in total. The van der Waals surface area contributed by atoms with E-state index in [0.29, 0.717) is 0 Å². The molecule has 2 aromatic rings. The molecule has 0 unspecified atom stereocenters. The first kappa shape index (κ1) is 11.6. The van der Waals surface area contributed by atoms with Gasteiger partial charge in [0.15, 0.2) is 0 Å². The largest absolute Gasteiger partial charge is 0.385 e. The second-order valence-corrected chi connectivity index (χ2v) is 5.09. The lowest BCUT2D eigenvalue weighted by Gasteiger charge is -2.06. The van der Waals surface area contributed by atoms with E-state index in [1.165, 1.54) is 0 Å². The van der Waals surface area contributed by atoms with Gasteiger partial charge in [-0.25, -0.2) is 0 Å². The van der Waals surface area contributed by atoms with Crippen LogP contribution in [0.5, 0.6) is 0 Å². The predicted molar refractivity (Wildman–Crippen MR) is 74.0 cm³/mol. The van der Waals surface area contributed by atoms with Gasteiger partial charge in [-0.1, -0.05) is 6.92 Å². The minimum Gasteiger partial charge on any atom is -0.385 e. The van der Waals surface area contributed by atoms with Crippen molar-refractivity contribution in [2.45, 2.75) is 13.3 Å². The Morgan fingerprint density at radius 3 is 3.00 bits per heavy atom. The molecule has 84 valence electrons. The lowest BCUT2D eigenvalue weighted by Crippen LogP contribution is -1.99.